The van der Waals surface area contributed by atoms with Gasteiger partial charge < -0.3 is 4.90 Å². The molecule has 0 aliphatic carbocycles. The molecule has 100 valence electrons. The first-order chi connectivity index (χ1) is 9.19. The lowest BCUT2D eigenvalue weighted by Gasteiger charge is -2.35. The molecule has 1 aromatic heterocycles. The van der Waals surface area contributed by atoms with Crippen molar-refractivity contribution in [2.45, 2.75) is 25.3 Å². The highest BCUT2D eigenvalue weighted by Gasteiger charge is 2.25. The number of halogens is 2. The van der Waals surface area contributed by atoms with E-state index in [2.05, 4.69) is 23.3 Å². The van der Waals surface area contributed by atoms with Crippen molar-refractivity contribution < 1.29 is 4.39 Å². The van der Waals surface area contributed by atoms with Crippen LogP contribution in [-0.2, 0) is 12.3 Å². The van der Waals surface area contributed by atoms with Crippen LogP contribution in [0.5, 0.6) is 0 Å². The summed E-state index contributed by atoms with van der Waals surface area (Å²) in [6, 6.07) is 7.56. The zero-order valence-corrected chi connectivity index (χ0v) is 12.3. The van der Waals surface area contributed by atoms with Crippen molar-refractivity contribution in [2.75, 3.05) is 11.4 Å². The van der Waals surface area contributed by atoms with E-state index in [1.807, 2.05) is 17.4 Å². The van der Waals surface area contributed by atoms with E-state index in [0.717, 1.165) is 24.2 Å². The summed E-state index contributed by atoms with van der Waals surface area (Å²) in [6.07, 6.45) is 1.03. The van der Waals surface area contributed by atoms with E-state index >= 15 is 0 Å². The number of fused-ring (bicyclic) bond motifs is 1. The van der Waals surface area contributed by atoms with E-state index in [0.29, 0.717) is 11.9 Å². The molecule has 0 amide bonds. The molecular formula is C15H15ClFNS. The molecule has 1 aliphatic heterocycles. The summed E-state index contributed by atoms with van der Waals surface area (Å²) in [7, 11) is 0. The Morgan fingerprint density at radius 3 is 3.05 bits per heavy atom. The van der Waals surface area contributed by atoms with Gasteiger partial charge in [-0.05, 0) is 54.1 Å². The van der Waals surface area contributed by atoms with E-state index in [1.54, 1.807) is 6.07 Å². The maximum absolute atomic E-state index is 13.6. The van der Waals surface area contributed by atoms with Crippen molar-refractivity contribution in [1.82, 2.24) is 0 Å². The van der Waals surface area contributed by atoms with Gasteiger partial charge in [0.25, 0.3) is 0 Å². The topological polar surface area (TPSA) is 3.24 Å². The maximum Gasteiger partial charge on any atom is 0.125 e. The molecule has 0 saturated heterocycles. The van der Waals surface area contributed by atoms with E-state index in [1.165, 1.54) is 16.5 Å². The number of nitrogens with zero attached hydrogens (tertiary/aromatic N) is 1. The summed E-state index contributed by atoms with van der Waals surface area (Å²) in [4.78, 5) is 3.71. The number of alkyl halides is 1. The van der Waals surface area contributed by atoms with Crippen LogP contribution in [0.4, 0.5) is 10.1 Å². The monoisotopic (exact) mass is 295 g/mol. The molecule has 2 aromatic rings. The second-order valence-electron chi connectivity index (χ2n) is 4.87. The first-order valence-corrected chi connectivity index (χ1v) is 7.79. The van der Waals surface area contributed by atoms with E-state index in [9.17, 15) is 4.39 Å². The highest BCUT2D eigenvalue weighted by molar-refractivity contribution is 7.10. The number of thiophene rings is 1. The lowest BCUT2D eigenvalue weighted by atomic mass is 10.0. The molecule has 1 aliphatic rings. The minimum atomic E-state index is -0.212. The van der Waals surface area contributed by atoms with Crippen molar-refractivity contribution in [3.63, 3.8) is 0 Å². The summed E-state index contributed by atoms with van der Waals surface area (Å²) in [5.41, 5.74) is 3.13. The van der Waals surface area contributed by atoms with Crippen LogP contribution >= 0.6 is 22.9 Å². The van der Waals surface area contributed by atoms with Gasteiger partial charge in [0.15, 0.2) is 0 Å². The second kappa shape index (κ2) is 5.14. The molecule has 1 atom stereocenters. The Labute approximate surface area is 121 Å². The van der Waals surface area contributed by atoms with E-state index in [-0.39, 0.29) is 5.82 Å². The lowest BCUT2D eigenvalue weighted by molar-refractivity contribution is 0.610. The molecule has 0 bridgehead atoms. The van der Waals surface area contributed by atoms with Gasteiger partial charge in [0, 0.05) is 23.0 Å². The van der Waals surface area contributed by atoms with Gasteiger partial charge in [-0.15, -0.1) is 22.9 Å². The fraction of sp³-hybridized carbons (Fsp3) is 0.333. The van der Waals surface area contributed by atoms with Crippen molar-refractivity contribution in [3.05, 3.63) is 51.5 Å². The van der Waals surface area contributed by atoms with Crippen LogP contribution in [0.15, 0.2) is 29.6 Å². The lowest BCUT2D eigenvalue weighted by Crippen LogP contribution is -2.33. The van der Waals surface area contributed by atoms with Crippen LogP contribution in [-0.4, -0.2) is 6.54 Å². The molecule has 4 heteroatoms. The minimum absolute atomic E-state index is 0.212. The third-order valence-corrected chi connectivity index (χ3v) is 5.01. The van der Waals surface area contributed by atoms with Gasteiger partial charge in [-0.3, -0.25) is 0 Å². The number of hydrogen-bond acceptors (Lipinski definition) is 2. The molecule has 1 unspecified atom stereocenters. The molecule has 0 N–H and O–H groups in total. The Kier molecular flexibility index (Phi) is 3.50. The van der Waals surface area contributed by atoms with Gasteiger partial charge in [0.1, 0.15) is 5.82 Å². The van der Waals surface area contributed by atoms with Crippen LogP contribution in [0.2, 0.25) is 0 Å². The summed E-state index contributed by atoms with van der Waals surface area (Å²) in [5, 5.41) is 2.14. The minimum Gasteiger partial charge on any atom is -0.364 e. The third kappa shape index (κ3) is 2.37. The third-order valence-electron chi connectivity index (χ3n) is 3.71. The summed E-state index contributed by atoms with van der Waals surface area (Å²) < 4.78 is 13.6. The summed E-state index contributed by atoms with van der Waals surface area (Å²) >= 11 is 7.64. The Hall–Kier alpha value is -1.06. The van der Waals surface area contributed by atoms with E-state index < -0.39 is 0 Å². The van der Waals surface area contributed by atoms with Crippen molar-refractivity contribution in [2.24, 2.45) is 0 Å². The second-order valence-corrected chi connectivity index (χ2v) is 6.14. The molecule has 2 heterocycles. The van der Waals surface area contributed by atoms with Crippen LogP contribution in [0.25, 0.3) is 0 Å². The largest absolute Gasteiger partial charge is 0.364 e. The van der Waals surface area contributed by atoms with E-state index in [4.69, 9.17) is 11.6 Å². The molecule has 0 fully saturated rings. The smallest absolute Gasteiger partial charge is 0.125 e. The standard InChI is InChI=1S/C15H15ClFNS/c1-10-14-3-5-19-15(14)2-4-18(10)13-7-11(9-16)6-12(17)8-13/h3,5-8,10H,2,4,9H2,1H3. The van der Waals surface area contributed by atoms with Crippen LogP contribution in [0.1, 0.15) is 29.0 Å². The van der Waals surface area contributed by atoms with Gasteiger partial charge >= 0.3 is 0 Å². The zero-order chi connectivity index (χ0) is 13.4. The van der Waals surface area contributed by atoms with Gasteiger partial charge in [-0.2, -0.15) is 0 Å². The molecule has 3 rings (SSSR count). The Morgan fingerprint density at radius 2 is 2.26 bits per heavy atom. The SMILES string of the molecule is CC1c2ccsc2CCN1c1cc(F)cc(CCl)c1. The molecule has 0 saturated carbocycles. The zero-order valence-electron chi connectivity index (χ0n) is 10.7. The summed E-state index contributed by atoms with van der Waals surface area (Å²) in [5.74, 6) is 0.132. The van der Waals surface area contributed by atoms with Gasteiger partial charge in [-0.25, -0.2) is 4.39 Å². The van der Waals surface area contributed by atoms with Crippen molar-refractivity contribution in [1.29, 1.82) is 0 Å². The number of benzene rings is 1. The molecule has 1 aromatic carbocycles. The first kappa shape index (κ1) is 12.9. The Balaban J connectivity index is 1.97. The fourth-order valence-electron chi connectivity index (χ4n) is 2.74. The average Bonchev–Trinajstić information content (AvgIpc) is 2.87. The molecule has 19 heavy (non-hydrogen) atoms. The van der Waals surface area contributed by atoms with Crippen LogP contribution < -0.4 is 4.90 Å². The van der Waals surface area contributed by atoms with Gasteiger partial charge in [0.05, 0.1) is 6.04 Å². The number of hydrogen-bond donors (Lipinski definition) is 0. The maximum atomic E-state index is 13.6. The van der Waals surface area contributed by atoms with Gasteiger partial charge in [0.2, 0.25) is 0 Å². The molecule has 0 radical (unpaired) electrons. The fourth-order valence-corrected chi connectivity index (χ4v) is 3.86. The first-order valence-electron chi connectivity index (χ1n) is 6.37. The normalized spacial score (nSPS) is 18.5. The highest BCUT2D eigenvalue weighted by atomic mass is 35.5. The highest BCUT2D eigenvalue weighted by Crippen LogP contribution is 2.36. The summed E-state index contributed by atoms with van der Waals surface area (Å²) in [6.45, 7) is 3.11. The average molecular weight is 296 g/mol. The van der Waals surface area contributed by atoms with Crippen molar-refractivity contribution in [3.8, 4) is 0 Å². The number of rotatable bonds is 2. The van der Waals surface area contributed by atoms with Crippen molar-refractivity contribution >= 4 is 28.6 Å². The molecule has 1 nitrogen and oxygen atoms in total. The quantitative estimate of drug-likeness (QED) is 0.723. The van der Waals surface area contributed by atoms with Crippen LogP contribution in [0, 0.1) is 5.82 Å². The Morgan fingerprint density at radius 1 is 1.42 bits per heavy atom. The van der Waals surface area contributed by atoms with Crippen LogP contribution in [0.3, 0.4) is 0 Å². The Bertz CT molecular complexity index is 596. The number of anilines is 1. The molecule has 0 spiro atoms. The predicted molar refractivity (Wildman–Crippen MR) is 79.7 cm³/mol. The molecular weight excluding hydrogens is 281 g/mol. The predicted octanol–water partition coefficient (Wildman–Crippen LogP) is 4.75. The van der Waals surface area contributed by atoms with Gasteiger partial charge in [-0.1, -0.05) is 0 Å².